The van der Waals surface area contributed by atoms with Crippen molar-refractivity contribution in [3.05, 3.63) is 59.9 Å². The van der Waals surface area contributed by atoms with Crippen LogP contribution in [0.3, 0.4) is 0 Å². The Morgan fingerprint density at radius 3 is 2.36 bits per heavy atom. The number of nitrogens with one attached hydrogen (secondary N) is 1. The van der Waals surface area contributed by atoms with E-state index in [2.05, 4.69) is 15.6 Å². The van der Waals surface area contributed by atoms with Crippen LogP contribution in [0.25, 0.3) is 5.69 Å². The Hall–Kier alpha value is -3.24. The number of sulfonamides is 1. The van der Waals surface area contributed by atoms with Crippen molar-refractivity contribution in [3.63, 3.8) is 0 Å². The van der Waals surface area contributed by atoms with E-state index in [1.54, 1.807) is 11.6 Å². The third-order valence-corrected chi connectivity index (χ3v) is 4.87. The maximum Gasteiger partial charge on any atom is 0.278 e. The molecule has 0 spiro atoms. The fourth-order valence-corrected chi connectivity index (χ4v) is 3.07. The summed E-state index contributed by atoms with van der Waals surface area (Å²) in [5, 5.41) is 15.7. The number of rotatable bonds is 6. The molecule has 10 heteroatoms. The van der Waals surface area contributed by atoms with Gasteiger partial charge in [-0.25, -0.2) is 18.2 Å². The highest BCUT2D eigenvalue weighted by molar-refractivity contribution is 7.89. The molecule has 0 radical (unpaired) electrons. The molecule has 3 aromatic rings. The number of aromatic nitrogens is 3. The molecule has 0 fully saturated rings. The number of nitrogens with two attached hydrogens (primary N) is 1. The number of amides is 1. The Bertz CT molecular complexity index is 1090. The molecule has 1 aromatic heterocycles. The Morgan fingerprint density at radius 1 is 1.14 bits per heavy atom. The summed E-state index contributed by atoms with van der Waals surface area (Å²) >= 11 is 0. The molecular formula is C18H19N5O4S. The third-order valence-electron chi connectivity index (χ3n) is 3.94. The van der Waals surface area contributed by atoms with Crippen LogP contribution in [0.1, 0.15) is 23.1 Å². The predicted molar refractivity (Wildman–Crippen MR) is 103 cm³/mol. The third kappa shape index (κ3) is 4.18. The highest BCUT2D eigenvalue weighted by Gasteiger charge is 2.18. The normalized spacial score (nSPS) is 11.2. The van der Waals surface area contributed by atoms with Crippen LogP contribution in [0.5, 0.6) is 5.75 Å². The van der Waals surface area contributed by atoms with Crippen LogP contribution in [0.2, 0.25) is 0 Å². The highest BCUT2D eigenvalue weighted by Crippen LogP contribution is 2.18. The van der Waals surface area contributed by atoms with Crippen LogP contribution in [0.4, 0.5) is 5.69 Å². The highest BCUT2D eigenvalue weighted by atomic mass is 32.2. The van der Waals surface area contributed by atoms with Gasteiger partial charge in [-0.15, -0.1) is 5.10 Å². The smallest absolute Gasteiger partial charge is 0.278 e. The van der Waals surface area contributed by atoms with Crippen molar-refractivity contribution < 1.29 is 17.9 Å². The minimum atomic E-state index is -3.79. The lowest BCUT2D eigenvalue weighted by molar-refractivity contribution is 0.102. The molecule has 3 rings (SSSR count). The number of nitrogens with zero attached hydrogens (tertiary/aromatic N) is 3. The summed E-state index contributed by atoms with van der Waals surface area (Å²) in [6.07, 6.45) is 0. The van der Waals surface area contributed by atoms with E-state index in [9.17, 15) is 13.2 Å². The van der Waals surface area contributed by atoms with Crippen molar-refractivity contribution in [1.82, 2.24) is 15.0 Å². The number of primary sulfonamides is 1. The van der Waals surface area contributed by atoms with Gasteiger partial charge in [0.25, 0.3) is 5.91 Å². The van der Waals surface area contributed by atoms with Gasteiger partial charge in [0.1, 0.15) is 5.75 Å². The van der Waals surface area contributed by atoms with E-state index in [-0.39, 0.29) is 10.6 Å². The number of hydrogen-bond donors (Lipinski definition) is 2. The van der Waals surface area contributed by atoms with Crippen molar-refractivity contribution in [3.8, 4) is 11.4 Å². The van der Waals surface area contributed by atoms with Crippen LogP contribution in [0.15, 0.2) is 53.4 Å². The molecule has 0 unspecified atom stereocenters. The summed E-state index contributed by atoms with van der Waals surface area (Å²) in [7, 11) is -3.79. The topological polar surface area (TPSA) is 129 Å². The summed E-state index contributed by atoms with van der Waals surface area (Å²) < 4.78 is 29.5. The zero-order valence-electron chi connectivity index (χ0n) is 15.3. The van der Waals surface area contributed by atoms with E-state index in [0.717, 1.165) is 11.4 Å². The van der Waals surface area contributed by atoms with Crippen molar-refractivity contribution in [2.75, 3.05) is 11.9 Å². The van der Waals surface area contributed by atoms with Gasteiger partial charge < -0.3 is 10.1 Å². The number of carbonyl (C=O) groups is 1. The number of anilines is 1. The molecule has 2 aromatic carbocycles. The molecule has 0 aliphatic carbocycles. The fourth-order valence-electron chi connectivity index (χ4n) is 2.55. The van der Waals surface area contributed by atoms with Crippen LogP contribution < -0.4 is 15.2 Å². The lowest BCUT2D eigenvalue weighted by atomic mass is 10.2. The van der Waals surface area contributed by atoms with E-state index in [4.69, 9.17) is 9.88 Å². The standard InChI is InChI=1S/C18H19N5O4S/c1-3-27-15-8-6-14(7-9-15)23-12(2)17(21-22-23)18(24)20-13-4-10-16(11-5-13)28(19,25)26/h4-11H,3H2,1-2H3,(H,20,24)(H2,19,25,26). The molecular weight excluding hydrogens is 382 g/mol. The van der Waals surface area contributed by atoms with Gasteiger partial charge >= 0.3 is 0 Å². The summed E-state index contributed by atoms with van der Waals surface area (Å²) in [4.78, 5) is 12.5. The van der Waals surface area contributed by atoms with E-state index in [1.165, 1.54) is 24.3 Å². The molecule has 0 aliphatic rings. The van der Waals surface area contributed by atoms with Gasteiger partial charge in [0.05, 0.1) is 22.9 Å². The maximum absolute atomic E-state index is 12.5. The largest absolute Gasteiger partial charge is 0.494 e. The number of carbonyl (C=O) groups excluding carboxylic acids is 1. The fraction of sp³-hybridized carbons (Fsp3) is 0.167. The summed E-state index contributed by atoms with van der Waals surface area (Å²) in [5.74, 6) is 0.281. The summed E-state index contributed by atoms with van der Waals surface area (Å²) in [5.41, 5.74) is 1.87. The van der Waals surface area contributed by atoms with Crippen molar-refractivity contribution in [2.45, 2.75) is 18.7 Å². The van der Waals surface area contributed by atoms with Gasteiger partial charge in [0.2, 0.25) is 10.0 Å². The monoisotopic (exact) mass is 401 g/mol. The molecule has 9 nitrogen and oxygen atoms in total. The van der Waals surface area contributed by atoms with Crippen LogP contribution in [-0.4, -0.2) is 35.9 Å². The van der Waals surface area contributed by atoms with Gasteiger partial charge in [-0.05, 0) is 62.4 Å². The second-order valence-corrected chi connectivity index (χ2v) is 7.45. The summed E-state index contributed by atoms with van der Waals surface area (Å²) in [6, 6.07) is 12.8. The van der Waals surface area contributed by atoms with E-state index < -0.39 is 15.9 Å². The Balaban J connectivity index is 1.78. The average molecular weight is 401 g/mol. The molecule has 3 N–H and O–H groups in total. The predicted octanol–water partition coefficient (Wildman–Crippen LogP) is 1.87. The quantitative estimate of drug-likeness (QED) is 0.649. The van der Waals surface area contributed by atoms with E-state index in [1.807, 2.05) is 31.2 Å². The Kier molecular flexibility index (Phi) is 5.43. The van der Waals surface area contributed by atoms with Gasteiger partial charge in [0.15, 0.2) is 5.69 Å². The molecule has 0 saturated heterocycles. The van der Waals surface area contributed by atoms with E-state index in [0.29, 0.717) is 18.0 Å². The minimum Gasteiger partial charge on any atom is -0.494 e. The van der Waals surface area contributed by atoms with Gasteiger partial charge in [-0.3, -0.25) is 4.79 Å². The van der Waals surface area contributed by atoms with Crippen LogP contribution in [0, 0.1) is 6.92 Å². The first-order chi connectivity index (χ1) is 13.3. The molecule has 28 heavy (non-hydrogen) atoms. The SMILES string of the molecule is CCOc1ccc(-n2nnc(C(=O)Nc3ccc(S(N)(=O)=O)cc3)c2C)cc1. The molecule has 0 aliphatic heterocycles. The number of benzene rings is 2. The molecule has 1 amide bonds. The summed E-state index contributed by atoms with van der Waals surface area (Å²) in [6.45, 7) is 4.21. The first kappa shape index (κ1) is 19.5. The first-order valence-corrected chi connectivity index (χ1v) is 9.94. The van der Waals surface area contributed by atoms with Crippen molar-refractivity contribution in [1.29, 1.82) is 0 Å². The lowest BCUT2D eigenvalue weighted by Gasteiger charge is -2.07. The molecule has 0 bridgehead atoms. The molecule has 0 atom stereocenters. The number of ether oxygens (including phenoxy) is 1. The lowest BCUT2D eigenvalue weighted by Crippen LogP contribution is -2.15. The zero-order chi connectivity index (χ0) is 20.3. The van der Waals surface area contributed by atoms with Gasteiger partial charge in [-0.1, -0.05) is 5.21 Å². The maximum atomic E-state index is 12.5. The first-order valence-electron chi connectivity index (χ1n) is 8.39. The average Bonchev–Trinajstić information content (AvgIpc) is 3.04. The van der Waals surface area contributed by atoms with Crippen molar-refractivity contribution in [2.24, 2.45) is 5.14 Å². The van der Waals surface area contributed by atoms with Gasteiger partial charge in [0, 0.05) is 5.69 Å². The molecule has 146 valence electrons. The zero-order valence-corrected chi connectivity index (χ0v) is 16.1. The Labute approximate surface area is 162 Å². The number of hydrogen-bond acceptors (Lipinski definition) is 6. The molecule has 0 saturated carbocycles. The second kappa shape index (κ2) is 7.79. The van der Waals surface area contributed by atoms with Crippen molar-refractivity contribution >= 4 is 21.6 Å². The minimum absolute atomic E-state index is 0.0388. The van der Waals surface area contributed by atoms with E-state index >= 15 is 0 Å². The molecule has 1 heterocycles. The second-order valence-electron chi connectivity index (χ2n) is 5.89. The van der Waals surface area contributed by atoms with Crippen LogP contribution in [-0.2, 0) is 10.0 Å². The Morgan fingerprint density at radius 2 is 1.79 bits per heavy atom. The van der Waals surface area contributed by atoms with Gasteiger partial charge in [-0.2, -0.15) is 0 Å². The van der Waals surface area contributed by atoms with Crippen LogP contribution >= 0.6 is 0 Å².